The standard InChI is InChI=1S/C15H24N2O2/c1-8-5-11(8)14(18)16-7-13(10-3-4-10)17-15(19)12-6-9(12)2/h8-13H,3-7H2,1-2H3,(H,16,18)(H,17,19)/t8-,9-,11+,12+,13+/m1/s1. The predicted octanol–water partition coefficient (Wildman–Crippen LogP) is 1.31. The topological polar surface area (TPSA) is 58.2 Å². The summed E-state index contributed by atoms with van der Waals surface area (Å²) in [4.78, 5) is 23.8. The predicted molar refractivity (Wildman–Crippen MR) is 72.2 cm³/mol. The van der Waals surface area contributed by atoms with Crippen LogP contribution in [0.25, 0.3) is 0 Å². The summed E-state index contributed by atoms with van der Waals surface area (Å²) >= 11 is 0. The molecule has 0 aromatic rings. The van der Waals surface area contributed by atoms with Crippen LogP contribution in [0.1, 0.15) is 39.5 Å². The lowest BCUT2D eigenvalue weighted by atomic mass is 10.1. The number of carbonyl (C=O) groups excluding carboxylic acids is 2. The first kappa shape index (κ1) is 12.9. The average Bonchev–Trinajstić information content (AvgIpc) is 3.17. The summed E-state index contributed by atoms with van der Waals surface area (Å²) in [6.45, 7) is 4.84. The van der Waals surface area contributed by atoms with Gasteiger partial charge in [0, 0.05) is 24.4 Å². The molecule has 3 rings (SSSR count). The van der Waals surface area contributed by atoms with Crippen molar-refractivity contribution in [2.45, 2.75) is 45.6 Å². The normalized spacial score (nSPS) is 37.4. The van der Waals surface area contributed by atoms with Gasteiger partial charge in [0.1, 0.15) is 0 Å². The number of hydrogen-bond donors (Lipinski definition) is 2. The third-order valence-electron chi connectivity index (χ3n) is 4.91. The second kappa shape index (κ2) is 4.80. The maximum atomic E-state index is 12.0. The minimum absolute atomic E-state index is 0.151. The van der Waals surface area contributed by atoms with Gasteiger partial charge < -0.3 is 10.6 Å². The number of amides is 2. The second-order valence-corrected chi connectivity index (χ2v) is 6.84. The number of nitrogens with one attached hydrogen (secondary N) is 2. The molecule has 19 heavy (non-hydrogen) atoms. The Hall–Kier alpha value is -1.06. The van der Waals surface area contributed by atoms with E-state index < -0.39 is 0 Å². The van der Waals surface area contributed by atoms with Crippen molar-refractivity contribution < 1.29 is 9.59 Å². The van der Waals surface area contributed by atoms with E-state index in [0.717, 1.165) is 12.8 Å². The Labute approximate surface area is 114 Å². The van der Waals surface area contributed by atoms with Crippen LogP contribution in [-0.2, 0) is 9.59 Å². The Morgan fingerprint density at radius 3 is 2.05 bits per heavy atom. The molecular weight excluding hydrogens is 240 g/mol. The third-order valence-corrected chi connectivity index (χ3v) is 4.91. The fourth-order valence-corrected chi connectivity index (χ4v) is 2.84. The summed E-state index contributed by atoms with van der Waals surface area (Å²) in [5, 5.41) is 6.16. The molecule has 3 aliphatic rings. The summed E-state index contributed by atoms with van der Waals surface area (Å²) in [6.07, 6.45) is 4.41. The summed E-state index contributed by atoms with van der Waals surface area (Å²) in [7, 11) is 0. The van der Waals surface area contributed by atoms with Gasteiger partial charge in [0.25, 0.3) is 0 Å². The van der Waals surface area contributed by atoms with Crippen molar-refractivity contribution in [3.63, 3.8) is 0 Å². The SMILES string of the molecule is C[C@@H]1C[C@@H]1C(=O)NC[C@H](NC(=O)[C@H]1C[C@H]1C)C1CC1. The van der Waals surface area contributed by atoms with Crippen LogP contribution in [-0.4, -0.2) is 24.4 Å². The van der Waals surface area contributed by atoms with Gasteiger partial charge in [-0.15, -0.1) is 0 Å². The van der Waals surface area contributed by atoms with Crippen LogP contribution in [0.5, 0.6) is 0 Å². The molecule has 0 aromatic heterocycles. The van der Waals surface area contributed by atoms with Gasteiger partial charge in [-0.3, -0.25) is 9.59 Å². The van der Waals surface area contributed by atoms with E-state index >= 15 is 0 Å². The highest BCUT2D eigenvalue weighted by atomic mass is 16.2. The van der Waals surface area contributed by atoms with Crippen molar-refractivity contribution in [3.05, 3.63) is 0 Å². The lowest BCUT2D eigenvalue weighted by molar-refractivity contribution is -0.125. The van der Waals surface area contributed by atoms with Crippen LogP contribution < -0.4 is 10.6 Å². The molecule has 0 unspecified atom stereocenters. The van der Waals surface area contributed by atoms with E-state index in [0.29, 0.717) is 24.3 Å². The van der Waals surface area contributed by atoms with Crippen molar-refractivity contribution in [3.8, 4) is 0 Å². The molecule has 0 radical (unpaired) electrons. The molecule has 0 aromatic carbocycles. The van der Waals surface area contributed by atoms with Crippen LogP contribution in [0.3, 0.4) is 0 Å². The molecule has 5 atom stereocenters. The summed E-state index contributed by atoms with van der Waals surface area (Å²) < 4.78 is 0. The smallest absolute Gasteiger partial charge is 0.223 e. The zero-order chi connectivity index (χ0) is 13.6. The maximum absolute atomic E-state index is 12.0. The zero-order valence-corrected chi connectivity index (χ0v) is 11.8. The second-order valence-electron chi connectivity index (χ2n) is 6.84. The van der Waals surface area contributed by atoms with Gasteiger partial charge in [-0.25, -0.2) is 0 Å². The van der Waals surface area contributed by atoms with Crippen LogP contribution in [0.4, 0.5) is 0 Å². The fourth-order valence-electron chi connectivity index (χ4n) is 2.84. The van der Waals surface area contributed by atoms with Crippen LogP contribution in [0.15, 0.2) is 0 Å². The Balaban J connectivity index is 1.45. The molecule has 3 aliphatic carbocycles. The van der Waals surface area contributed by atoms with Crippen molar-refractivity contribution in [2.24, 2.45) is 29.6 Å². The third kappa shape index (κ3) is 3.10. The van der Waals surface area contributed by atoms with Gasteiger partial charge in [-0.05, 0) is 43.4 Å². The molecule has 106 valence electrons. The first-order valence-electron chi connectivity index (χ1n) is 7.64. The van der Waals surface area contributed by atoms with Gasteiger partial charge in [0.05, 0.1) is 0 Å². The molecule has 0 heterocycles. The number of hydrogen-bond acceptors (Lipinski definition) is 2. The highest BCUT2D eigenvalue weighted by Gasteiger charge is 2.43. The van der Waals surface area contributed by atoms with Crippen LogP contribution in [0, 0.1) is 29.6 Å². The molecule has 2 amide bonds. The Kier molecular flexibility index (Phi) is 3.27. The molecule has 3 fully saturated rings. The molecule has 4 heteroatoms. The van der Waals surface area contributed by atoms with E-state index in [9.17, 15) is 9.59 Å². The van der Waals surface area contributed by atoms with E-state index in [1.54, 1.807) is 0 Å². The van der Waals surface area contributed by atoms with Gasteiger partial charge in [-0.1, -0.05) is 13.8 Å². The van der Waals surface area contributed by atoms with Gasteiger partial charge in [0.15, 0.2) is 0 Å². The Bertz CT molecular complexity index is 392. The van der Waals surface area contributed by atoms with E-state index in [1.165, 1.54) is 12.8 Å². The van der Waals surface area contributed by atoms with E-state index in [-0.39, 0.29) is 29.7 Å². The Morgan fingerprint density at radius 2 is 1.58 bits per heavy atom. The van der Waals surface area contributed by atoms with Crippen molar-refractivity contribution in [2.75, 3.05) is 6.54 Å². The quantitative estimate of drug-likeness (QED) is 0.760. The highest BCUT2D eigenvalue weighted by Crippen LogP contribution is 2.39. The monoisotopic (exact) mass is 264 g/mol. The number of rotatable bonds is 6. The minimum atomic E-state index is 0.151. The molecule has 0 saturated heterocycles. The summed E-state index contributed by atoms with van der Waals surface area (Å²) in [5.41, 5.74) is 0. The maximum Gasteiger partial charge on any atom is 0.223 e. The van der Waals surface area contributed by atoms with Crippen LogP contribution in [0.2, 0.25) is 0 Å². The van der Waals surface area contributed by atoms with Crippen molar-refractivity contribution >= 4 is 11.8 Å². The lowest BCUT2D eigenvalue weighted by Crippen LogP contribution is -2.46. The Morgan fingerprint density at radius 1 is 1.05 bits per heavy atom. The molecule has 0 spiro atoms. The molecule has 0 bridgehead atoms. The van der Waals surface area contributed by atoms with E-state index in [4.69, 9.17) is 0 Å². The van der Waals surface area contributed by atoms with Gasteiger partial charge in [0.2, 0.25) is 11.8 Å². The largest absolute Gasteiger partial charge is 0.354 e. The average molecular weight is 264 g/mol. The van der Waals surface area contributed by atoms with E-state index in [1.807, 2.05) is 0 Å². The van der Waals surface area contributed by atoms with E-state index in [2.05, 4.69) is 24.5 Å². The van der Waals surface area contributed by atoms with Crippen molar-refractivity contribution in [1.82, 2.24) is 10.6 Å². The molecule has 3 saturated carbocycles. The molecular formula is C15H24N2O2. The molecule has 0 aliphatic heterocycles. The molecule has 4 nitrogen and oxygen atoms in total. The minimum Gasteiger partial charge on any atom is -0.354 e. The van der Waals surface area contributed by atoms with Crippen LogP contribution >= 0.6 is 0 Å². The summed E-state index contributed by atoms with van der Waals surface area (Å²) in [6, 6.07) is 0.151. The van der Waals surface area contributed by atoms with Crippen molar-refractivity contribution in [1.29, 1.82) is 0 Å². The fraction of sp³-hybridized carbons (Fsp3) is 0.867. The zero-order valence-electron chi connectivity index (χ0n) is 11.8. The lowest BCUT2D eigenvalue weighted by Gasteiger charge is -2.19. The molecule has 2 N–H and O–H groups in total. The summed E-state index contributed by atoms with van der Waals surface area (Å²) in [5.74, 6) is 2.48. The van der Waals surface area contributed by atoms with Gasteiger partial charge >= 0.3 is 0 Å². The number of carbonyl (C=O) groups is 2. The highest BCUT2D eigenvalue weighted by molar-refractivity contribution is 5.83. The first-order valence-corrected chi connectivity index (χ1v) is 7.64. The van der Waals surface area contributed by atoms with Gasteiger partial charge in [-0.2, -0.15) is 0 Å². The first-order chi connectivity index (χ1) is 9.06.